The summed E-state index contributed by atoms with van der Waals surface area (Å²) >= 11 is 0. The Kier molecular flexibility index (Phi) is 7.44. The third-order valence-corrected chi connectivity index (χ3v) is 6.90. The van der Waals surface area contributed by atoms with Crippen molar-refractivity contribution in [3.63, 3.8) is 0 Å². The van der Waals surface area contributed by atoms with Gasteiger partial charge in [0.15, 0.2) is 6.10 Å². The summed E-state index contributed by atoms with van der Waals surface area (Å²) in [6.07, 6.45) is -1.22. The van der Waals surface area contributed by atoms with E-state index in [1.165, 1.54) is 25.1 Å². The van der Waals surface area contributed by atoms with Gasteiger partial charge in [-0.2, -0.15) is 0 Å². The van der Waals surface area contributed by atoms with E-state index in [1.807, 2.05) is 20.8 Å². The fourth-order valence-corrected chi connectivity index (χ4v) is 5.07. The van der Waals surface area contributed by atoms with Crippen LogP contribution in [0, 0.1) is 13.8 Å². The Bertz CT molecular complexity index is 1120. The normalized spacial score (nSPS) is 19.6. The quantitative estimate of drug-likeness (QED) is 0.645. The Morgan fingerprint density at radius 3 is 2.27 bits per heavy atom. The fraction of sp³-hybridized carbons (Fsp3) is 0.417. The van der Waals surface area contributed by atoms with E-state index >= 15 is 0 Å². The molecular weight excluding hydrogens is 444 g/mol. The van der Waals surface area contributed by atoms with E-state index in [2.05, 4.69) is 4.72 Å². The fourth-order valence-electron chi connectivity index (χ4n) is 3.74. The number of benzene rings is 2. The highest BCUT2D eigenvalue weighted by molar-refractivity contribution is 7.92. The van der Waals surface area contributed by atoms with Crippen LogP contribution in [0.15, 0.2) is 47.4 Å². The van der Waals surface area contributed by atoms with Crippen molar-refractivity contribution in [3.05, 3.63) is 59.2 Å². The number of hydrogen-bond donors (Lipinski definition) is 1. The van der Waals surface area contributed by atoms with Crippen LogP contribution in [0.1, 0.15) is 42.3 Å². The van der Waals surface area contributed by atoms with Crippen molar-refractivity contribution in [1.82, 2.24) is 4.90 Å². The molecule has 1 fully saturated rings. The summed E-state index contributed by atoms with van der Waals surface area (Å²) in [5.41, 5.74) is 1.95. The minimum atomic E-state index is -3.93. The van der Waals surface area contributed by atoms with E-state index < -0.39 is 22.1 Å². The van der Waals surface area contributed by atoms with E-state index in [1.54, 1.807) is 36.1 Å². The Morgan fingerprint density at radius 2 is 1.67 bits per heavy atom. The van der Waals surface area contributed by atoms with Gasteiger partial charge in [0, 0.05) is 18.8 Å². The van der Waals surface area contributed by atoms with Gasteiger partial charge >= 0.3 is 5.97 Å². The van der Waals surface area contributed by atoms with E-state index in [4.69, 9.17) is 9.47 Å². The summed E-state index contributed by atoms with van der Waals surface area (Å²) in [5, 5.41) is 0. The maximum atomic E-state index is 12.9. The zero-order chi connectivity index (χ0) is 24.3. The van der Waals surface area contributed by atoms with Crippen LogP contribution in [0.2, 0.25) is 0 Å². The predicted molar refractivity (Wildman–Crippen MR) is 125 cm³/mol. The van der Waals surface area contributed by atoms with Crippen LogP contribution in [0.25, 0.3) is 0 Å². The van der Waals surface area contributed by atoms with Crippen LogP contribution in [0.3, 0.4) is 0 Å². The van der Waals surface area contributed by atoms with Gasteiger partial charge in [0.1, 0.15) is 0 Å². The molecule has 3 atom stereocenters. The number of aryl methyl sites for hydroxylation is 2. The first kappa shape index (κ1) is 24.7. The molecule has 1 amide bonds. The first-order chi connectivity index (χ1) is 15.5. The first-order valence-corrected chi connectivity index (χ1v) is 12.3. The molecule has 1 heterocycles. The zero-order valence-corrected chi connectivity index (χ0v) is 20.3. The number of esters is 1. The number of morpholine rings is 1. The van der Waals surface area contributed by atoms with Crippen molar-refractivity contribution in [2.75, 3.05) is 17.8 Å². The Morgan fingerprint density at radius 1 is 1.06 bits per heavy atom. The number of ether oxygens (including phenoxy) is 2. The molecule has 0 bridgehead atoms. The van der Waals surface area contributed by atoms with Gasteiger partial charge in [0.05, 0.1) is 22.7 Å². The molecule has 2 aromatic carbocycles. The Hall–Kier alpha value is -2.91. The van der Waals surface area contributed by atoms with Crippen molar-refractivity contribution in [2.24, 2.45) is 0 Å². The molecule has 0 unspecified atom stereocenters. The van der Waals surface area contributed by atoms with Crippen LogP contribution < -0.4 is 4.72 Å². The second-order valence-electron chi connectivity index (χ2n) is 8.50. The average molecular weight is 475 g/mol. The first-order valence-electron chi connectivity index (χ1n) is 10.8. The van der Waals surface area contributed by atoms with Gasteiger partial charge in [-0.25, -0.2) is 13.2 Å². The number of sulfonamides is 1. The lowest BCUT2D eigenvalue weighted by Crippen LogP contribution is -2.51. The summed E-state index contributed by atoms with van der Waals surface area (Å²) in [7, 11) is -3.93. The molecule has 33 heavy (non-hydrogen) atoms. The van der Waals surface area contributed by atoms with Crippen LogP contribution in [-0.2, 0) is 24.3 Å². The largest absolute Gasteiger partial charge is 0.449 e. The third-order valence-electron chi connectivity index (χ3n) is 5.38. The van der Waals surface area contributed by atoms with Crippen LogP contribution in [0.5, 0.6) is 0 Å². The molecule has 0 spiro atoms. The second-order valence-corrected chi connectivity index (χ2v) is 10.2. The smallest absolute Gasteiger partial charge is 0.338 e. The molecule has 9 heteroatoms. The maximum Gasteiger partial charge on any atom is 0.338 e. The molecule has 1 aliphatic rings. The number of carbonyl (C=O) groups excluding carboxylic acids is 2. The van der Waals surface area contributed by atoms with Crippen LogP contribution >= 0.6 is 0 Å². The highest BCUT2D eigenvalue weighted by atomic mass is 32.2. The van der Waals surface area contributed by atoms with Gasteiger partial charge < -0.3 is 14.4 Å². The minimum Gasteiger partial charge on any atom is -0.449 e. The lowest BCUT2D eigenvalue weighted by atomic mass is 10.1. The summed E-state index contributed by atoms with van der Waals surface area (Å²) < 4.78 is 39.4. The van der Waals surface area contributed by atoms with Crippen LogP contribution in [0.4, 0.5) is 5.69 Å². The van der Waals surface area contributed by atoms with Crippen molar-refractivity contribution in [3.8, 4) is 0 Å². The van der Waals surface area contributed by atoms with Gasteiger partial charge in [0.2, 0.25) is 0 Å². The molecule has 178 valence electrons. The zero-order valence-electron chi connectivity index (χ0n) is 19.5. The van der Waals surface area contributed by atoms with Gasteiger partial charge in [-0.05, 0) is 64.4 Å². The van der Waals surface area contributed by atoms with Crippen molar-refractivity contribution >= 4 is 27.6 Å². The van der Waals surface area contributed by atoms with E-state index in [-0.39, 0.29) is 28.6 Å². The number of hydrogen-bond acceptors (Lipinski definition) is 6. The number of nitrogens with one attached hydrogen (secondary N) is 1. The van der Waals surface area contributed by atoms with E-state index in [0.717, 1.165) is 5.56 Å². The Balaban J connectivity index is 1.74. The molecule has 3 rings (SSSR count). The highest BCUT2D eigenvalue weighted by Crippen LogP contribution is 2.22. The standard InChI is InChI=1S/C24H30N2O6S/c1-15-6-10-21(11-7-15)25-33(29,30)22-12-20(9-8-16(22)2)24(28)32-19(5)23(27)26-13-17(3)31-18(4)14-26/h6-12,17-19,25H,13-14H2,1-5H3/t17-,18-,19+/m0/s1. The summed E-state index contributed by atoms with van der Waals surface area (Å²) in [5.74, 6) is -1.08. The Labute approximate surface area is 194 Å². The monoisotopic (exact) mass is 474 g/mol. The van der Waals surface area contributed by atoms with Gasteiger partial charge in [-0.3, -0.25) is 9.52 Å². The third kappa shape index (κ3) is 6.11. The highest BCUT2D eigenvalue weighted by Gasteiger charge is 2.31. The summed E-state index contributed by atoms with van der Waals surface area (Å²) in [4.78, 5) is 27.1. The predicted octanol–water partition coefficient (Wildman–Crippen LogP) is 3.29. The molecule has 0 saturated carbocycles. The number of rotatable bonds is 6. The van der Waals surface area contributed by atoms with Crippen LogP contribution in [-0.4, -0.2) is 56.6 Å². The molecule has 1 saturated heterocycles. The molecule has 0 aliphatic carbocycles. The molecule has 0 aromatic heterocycles. The molecule has 0 radical (unpaired) electrons. The van der Waals surface area contributed by atoms with Gasteiger partial charge in [-0.15, -0.1) is 0 Å². The van der Waals surface area contributed by atoms with Gasteiger partial charge in [-0.1, -0.05) is 23.8 Å². The lowest BCUT2D eigenvalue weighted by Gasteiger charge is -2.36. The molecule has 1 N–H and O–H groups in total. The van der Waals surface area contributed by atoms with Crippen molar-refractivity contribution in [1.29, 1.82) is 0 Å². The maximum absolute atomic E-state index is 12.9. The van der Waals surface area contributed by atoms with Crippen molar-refractivity contribution in [2.45, 2.75) is 57.8 Å². The van der Waals surface area contributed by atoms with E-state index in [9.17, 15) is 18.0 Å². The molecule has 8 nitrogen and oxygen atoms in total. The molecule has 2 aromatic rings. The minimum absolute atomic E-state index is 0.0349. The van der Waals surface area contributed by atoms with Crippen molar-refractivity contribution < 1.29 is 27.5 Å². The second kappa shape index (κ2) is 9.93. The number of nitrogens with zero attached hydrogens (tertiary/aromatic N) is 1. The molecule has 1 aliphatic heterocycles. The lowest BCUT2D eigenvalue weighted by molar-refractivity contribution is -0.151. The topological polar surface area (TPSA) is 102 Å². The number of amides is 1. The number of anilines is 1. The SMILES string of the molecule is Cc1ccc(NS(=O)(=O)c2cc(C(=O)O[C@H](C)C(=O)N3C[C@H](C)O[C@@H](C)C3)ccc2C)cc1. The summed E-state index contributed by atoms with van der Waals surface area (Å²) in [6.45, 7) is 9.66. The van der Waals surface area contributed by atoms with Gasteiger partial charge in [0.25, 0.3) is 15.9 Å². The average Bonchev–Trinajstić information content (AvgIpc) is 2.74. The molecular formula is C24H30N2O6S. The summed E-state index contributed by atoms with van der Waals surface area (Å²) in [6, 6.07) is 11.2. The van der Waals surface area contributed by atoms with E-state index in [0.29, 0.717) is 24.3 Å². The number of carbonyl (C=O) groups is 2.